The Morgan fingerprint density at radius 2 is 1.89 bits per heavy atom. The first kappa shape index (κ1) is 19.5. The lowest BCUT2D eigenvalue weighted by molar-refractivity contribution is -0.384. The molecular weight excluding hydrogens is 397 g/mol. The predicted molar refractivity (Wildman–Crippen MR) is 97.0 cm³/mol. The first-order valence-corrected chi connectivity index (χ1v) is 8.73. The third-order valence-electron chi connectivity index (χ3n) is 3.50. The number of benzene rings is 2. The van der Waals surface area contributed by atoms with Crippen molar-refractivity contribution in [1.29, 1.82) is 0 Å². The van der Waals surface area contributed by atoms with E-state index in [-0.39, 0.29) is 27.7 Å². The van der Waals surface area contributed by atoms with Crippen molar-refractivity contribution < 1.29 is 22.9 Å². The molecule has 0 aliphatic carbocycles. The molecule has 0 saturated heterocycles. The maximum atomic E-state index is 13.0. The molecule has 0 saturated carbocycles. The normalized spacial score (nSPS) is 11.4. The van der Waals surface area contributed by atoms with Crippen LogP contribution in [0.5, 0.6) is 0 Å². The van der Waals surface area contributed by atoms with E-state index < -0.39 is 22.8 Å². The van der Waals surface area contributed by atoms with E-state index in [1.807, 2.05) is 0 Å². The zero-order chi connectivity index (χ0) is 20.3. The summed E-state index contributed by atoms with van der Waals surface area (Å²) in [6, 6.07) is 11.5. The number of alkyl halides is 3. The summed E-state index contributed by atoms with van der Waals surface area (Å²) in [4.78, 5) is 29.3. The van der Waals surface area contributed by atoms with E-state index in [0.29, 0.717) is 5.39 Å². The highest BCUT2D eigenvalue weighted by Crippen LogP contribution is 2.32. The molecule has 0 atom stereocenters. The Morgan fingerprint density at radius 3 is 2.61 bits per heavy atom. The molecule has 0 fully saturated rings. The maximum Gasteiger partial charge on any atom is 0.451 e. The summed E-state index contributed by atoms with van der Waals surface area (Å²) in [5.74, 6) is -2.06. The lowest BCUT2D eigenvalue weighted by Crippen LogP contribution is -2.15. The number of nitro benzene ring substituents is 1. The zero-order valence-corrected chi connectivity index (χ0v) is 14.8. The SMILES string of the molecule is O=C(CSc1nc(C(F)(F)F)nc2ccccc12)Nc1cccc([N+](=O)[O-])c1. The highest BCUT2D eigenvalue weighted by Gasteiger charge is 2.35. The maximum absolute atomic E-state index is 13.0. The van der Waals surface area contributed by atoms with Crippen molar-refractivity contribution in [2.45, 2.75) is 11.2 Å². The lowest BCUT2D eigenvalue weighted by Gasteiger charge is -2.10. The summed E-state index contributed by atoms with van der Waals surface area (Å²) < 4.78 is 39.0. The highest BCUT2D eigenvalue weighted by molar-refractivity contribution is 8.00. The average molecular weight is 408 g/mol. The van der Waals surface area contributed by atoms with E-state index in [0.717, 1.165) is 11.8 Å². The molecule has 144 valence electrons. The minimum atomic E-state index is -4.72. The summed E-state index contributed by atoms with van der Waals surface area (Å²) in [6.07, 6.45) is -4.72. The second-order valence-electron chi connectivity index (χ2n) is 5.51. The van der Waals surface area contributed by atoms with Crippen LogP contribution >= 0.6 is 11.8 Å². The number of carbonyl (C=O) groups excluding carboxylic acids is 1. The molecule has 7 nitrogen and oxygen atoms in total. The summed E-state index contributed by atoms with van der Waals surface area (Å²) in [7, 11) is 0. The topological polar surface area (TPSA) is 98.0 Å². The van der Waals surface area contributed by atoms with Gasteiger partial charge in [0.05, 0.1) is 16.2 Å². The number of halogens is 3. The van der Waals surface area contributed by atoms with Gasteiger partial charge in [-0.2, -0.15) is 13.2 Å². The van der Waals surface area contributed by atoms with Gasteiger partial charge in [-0.1, -0.05) is 36.0 Å². The van der Waals surface area contributed by atoms with Gasteiger partial charge in [-0.3, -0.25) is 14.9 Å². The van der Waals surface area contributed by atoms with Gasteiger partial charge in [0.15, 0.2) is 0 Å². The molecule has 1 N–H and O–H groups in total. The number of anilines is 1. The molecule has 1 amide bonds. The Bertz CT molecular complexity index is 1060. The smallest absolute Gasteiger partial charge is 0.325 e. The van der Waals surface area contributed by atoms with Crippen LogP contribution in [0.15, 0.2) is 53.6 Å². The van der Waals surface area contributed by atoms with E-state index >= 15 is 0 Å². The predicted octanol–water partition coefficient (Wildman–Crippen LogP) is 4.29. The lowest BCUT2D eigenvalue weighted by atomic mass is 10.2. The van der Waals surface area contributed by atoms with Crippen LogP contribution in [0.3, 0.4) is 0 Å². The molecule has 2 aromatic carbocycles. The number of fused-ring (bicyclic) bond motifs is 1. The van der Waals surface area contributed by atoms with E-state index in [1.54, 1.807) is 18.2 Å². The van der Waals surface area contributed by atoms with Gasteiger partial charge in [0.2, 0.25) is 11.7 Å². The fourth-order valence-corrected chi connectivity index (χ4v) is 3.13. The van der Waals surface area contributed by atoms with Crippen molar-refractivity contribution in [3.05, 3.63) is 64.5 Å². The first-order valence-electron chi connectivity index (χ1n) is 7.75. The first-order chi connectivity index (χ1) is 13.2. The van der Waals surface area contributed by atoms with Crippen molar-refractivity contribution in [2.24, 2.45) is 0 Å². The summed E-state index contributed by atoms with van der Waals surface area (Å²) >= 11 is 0.821. The monoisotopic (exact) mass is 408 g/mol. The quantitative estimate of drug-likeness (QED) is 0.293. The molecule has 0 bridgehead atoms. The van der Waals surface area contributed by atoms with Crippen LogP contribution in [-0.2, 0) is 11.0 Å². The van der Waals surface area contributed by atoms with Crippen LogP contribution < -0.4 is 5.32 Å². The van der Waals surface area contributed by atoms with Gasteiger partial charge in [-0.15, -0.1) is 0 Å². The molecule has 0 radical (unpaired) electrons. The number of hydrogen-bond acceptors (Lipinski definition) is 6. The third kappa shape index (κ3) is 4.55. The number of non-ortho nitro benzene ring substituents is 1. The summed E-state index contributed by atoms with van der Waals surface area (Å²) in [5.41, 5.74) is 0.136. The number of nitrogens with one attached hydrogen (secondary N) is 1. The number of hydrogen-bond donors (Lipinski definition) is 1. The van der Waals surface area contributed by atoms with Crippen molar-refractivity contribution >= 4 is 39.9 Å². The van der Waals surface area contributed by atoms with Crippen molar-refractivity contribution in [1.82, 2.24) is 9.97 Å². The number of aromatic nitrogens is 2. The van der Waals surface area contributed by atoms with Gasteiger partial charge in [0.1, 0.15) is 5.03 Å². The second-order valence-corrected chi connectivity index (χ2v) is 6.48. The molecular formula is C17H11F3N4O3S. The Labute approximate surface area is 160 Å². The number of carbonyl (C=O) groups is 1. The molecule has 1 aromatic heterocycles. The molecule has 0 unspecified atom stereocenters. The van der Waals surface area contributed by atoms with E-state index in [4.69, 9.17) is 0 Å². The Kier molecular flexibility index (Phi) is 5.45. The van der Waals surface area contributed by atoms with Gasteiger partial charge >= 0.3 is 6.18 Å². The molecule has 1 heterocycles. The Morgan fingerprint density at radius 1 is 1.14 bits per heavy atom. The van der Waals surface area contributed by atoms with Gasteiger partial charge in [0.25, 0.3) is 5.69 Å². The number of para-hydroxylation sites is 1. The van der Waals surface area contributed by atoms with Crippen molar-refractivity contribution in [3.8, 4) is 0 Å². The minimum Gasteiger partial charge on any atom is -0.325 e. The fraction of sp³-hybridized carbons (Fsp3) is 0.118. The molecule has 28 heavy (non-hydrogen) atoms. The van der Waals surface area contributed by atoms with Crippen LogP contribution in [0, 0.1) is 10.1 Å². The minimum absolute atomic E-state index is 0.0205. The zero-order valence-electron chi connectivity index (χ0n) is 13.9. The van der Waals surface area contributed by atoms with Crippen molar-refractivity contribution in [3.63, 3.8) is 0 Å². The third-order valence-corrected chi connectivity index (χ3v) is 4.49. The molecule has 0 aliphatic heterocycles. The fourth-order valence-electron chi connectivity index (χ4n) is 2.31. The van der Waals surface area contributed by atoms with Gasteiger partial charge in [-0.05, 0) is 12.1 Å². The number of thioether (sulfide) groups is 1. The standard InChI is InChI=1S/C17H11F3N4O3S/c18-17(19,20)16-22-13-7-2-1-6-12(13)15(23-16)28-9-14(25)21-10-4-3-5-11(8-10)24(26)27/h1-8H,9H2,(H,21,25). The molecule has 3 rings (SSSR count). The largest absolute Gasteiger partial charge is 0.451 e. The highest BCUT2D eigenvalue weighted by atomic mass is 32.2. The van der Waals surface area contributed by atoms with E-state index in [1.165, 1.54) is 30.3 Å². The molecule has 0 aliphatic rings. The number of amides is 1. The summed E-state index contributed by atoms with van der Waals surface area (Å²) in [6.45, 7) is 0. The van der Waals surface area contributed by atoms with E-state index in [2.05, 4.69) is 15.3 Å². The number of rotatable bonds is 5. The Balaban J connectivity index is 1.78. The molecule has 0 spiro atoms. The number of nitrogens with zero attached hydrogens (tertiary/aromatic N) is 3. The van der Waals surface area contributed by atoms with Crippen LogP contribution in [-0.4, -0.2) is 26.6 Å². The van der Waals surface area contributed by atoms with Crippen LogP contribution in [0.25, 0.3) is 10.9 Å². The van der Waals surface area contributed by atoms with Crippen molar-refractivity contribution in [2.75, 3.05) is 11.1 Å². The van der Waals surface area contributed by atoms with Crippen LogP contribution in [0.4, 0.5) is 24.5 Å². The second kappa shape index (κ2) is 7.80. The van der Waals surface area contributed by atoms with Gasteiger partial charge < -0.3 is 5.32 Å². The van der Waals surface area contributed by atoms with Crippen LogP contribution in [0.2, 0.25) is 0 Å². The average Bonchev–Trinajstić information content (AvgIpc) is 2.65. The number of nitro groups is 1. The molecule has 3 aromatic rings. The molecule has 11 heteroatoms. The van der Waals surface area contributed by atoms with Gasteiger partial charge in [-0.25, -0.2) is 9.97 Å². The Hall–Kier alpha value is -3.21. The van der Waals surface area contributed by atoms with Crippen LogP contribution in [0.1, 0.15) is 5.82 Å². The van der Waals surface area contributed by atoms with E-state index in [9.17, 15) is 28.1 Å². The van der Waals surface area contributed by atoms with Gasteiger partial charge in [0, 0.05) is 23.2 Å². The summed E-state index contributed by atoms with van der Waals surface area (Å²) in [5, 5.41) is 13.7.